The molecule has 3 N–H and O–H groups in total. The number of carboxylic acids is 1. The zero-order chi connectivity index (χ0) is 18.1. The number of nitrogens with zero attached hydrogens (tertiary/aromatic N) is 1. The van der Waals surface area contributed by atoms with Gasteiger partial charge in [0.15, 0.2) is 5.04 Å². The molecule has 1 aliphatic rings. The van der Waals surface area contributed by atoms with E-state index in [2.05, 4.69) is 38.9 Å². The smallest absolute Gasteiger partial charge is 0.318 e. The number of carboxylic acid groups (broad SMARTS) is 1. The summed E-state index contributed by atoms with van der Waals surface area (Å²) in [6.45, 7) is -0.470. The van der Waals surface area contributed by atoms with E-state index in [1.54, 1.807) is 6.07 Å². The van der Waals surface area contributed by atoms with Gasteiger partial charge in [0.05, 0.1) is 0 Å². The lowest BCUT2D eigenvalue weighted by Gasteiger charge is -2.38. The van der Waals surface area contributed by atoms with Crippen LogP contribution in [0.4, 0.5) is 3.89 Å². The van der Waals surface area contributed by atoms with E-state index in [-0.39, 0.29) is 5.04 Å². The minimum Gasteiger partial charge on any atom is -0.480 e. The number of nitrogens with one attached hydrogen (secondary N) is 2. The van der Waals surface area contributed by atoms with Gasteiger partial charge in [-0.1, -0.05) is 54.6 Å². The molecule has 1 unspecified atom stereocenters. The van der Waals surface area contributed by atoms with E-state index in [9.17, 15) is 8.68 Å². The summed E-state index contributed by atoms with van der Waals surface area (Å²) in [5, 5.41) is 15.2. The topological polar surface area (TPSA) is 73.7 Å². The van der Waals surface area contributed by atoms with Crippen molar-refractivity contribution in [3.8, 4) is 11.1 Å². The number of aliphatic carboxylic acids is 1. The molecule has 0 amide bonds. The average molecular weight is 369 g/mol. The van der Waals surface area contributed by atoms with Gasteiger partial charge >= 0.3 is 5.97 Å². The van der Waals surface area contributed by atoms with Crippen LogP contribution >= 0.6 is 10.8 Å². The fourth-order valence-corrected chi connectivity index (χ4v) is 4.18. The Morgan fingerprint density at radius 3 is 2.46 bits per heavy atom. The van der Waals surface area contributed by atoms with Gasteiger partial charge in [-0.2, -0.15) is 5.10 Å². The molecule has 1 heterocycles. The van der Waals surface area contributed by atoms with Crippen LogP contribution in [-0.4, -0.2) is 22.7 Å². The second-order valence-corrected chi connectivity index (χ2v) is 7.84. The highest BCUT2D eigenvalue weighted by Gasteiger charge is 2.38. The molecule has 0 bridgehead atoms. The van der Waals surface area contributed by atoms with E-state index in [0.717, 1.165) is 21.9 Å². The highest BCUT2D eigenvalue weighted by atomic mass is 32.3. The molecular weight excluding hydrogens is 353 g/mol. The monoisotopic (exact) mass is 369 g/mol. The van der Waals surface area contributed by atoms with E-state index in [0.29, 0.717) is 5.56 Å². The molecule has 1 atom stereocenters. The van der Waals surface area contributed by atoms with Crippen molar-refractivity contribution in [1.29, 1.82) is 0 Å². The first kappa shape index (κ1) is 16.6. The third-order valence-electron chi connectivity index (χ3n) is 4.15. The lowest BCUT2D eigenvalue weighted by atomic mass is 10.00. The Morgan fingerprint density at radius 2 is 1.73 bits per heavy atom. The van der Waals surface area contributed by atoms with Crippen molar-refractivity contribution in [2.45, 2.75) is 0 Å². The minimum atomic E-state index is -3.09. The molecule has 0 spiro atoms. The van der Waals surface area contributed by atoms with Crippen molar-refractivity contribution < 1.29 is 13.8 Å². The van der Waals surface area contributed by atoms with Gasteiger partial charge in [0.1, 0.15) is 17.3 Å². The molecule has 0 radical (unpaired) electrons. The van der Waals surface area contributed by atoms with E-state index in [1.165, 1.54) is 0 Å². The van der Waals surface area contributed by atoms with E-state index < -0.39 is 23.3 Å². The number of benzene rings is 3. The molecule has 1 aliphatic heterocycles. The van der Waals surface area contributed by atoms with E-state index >= 15 is 0 Å². The normalized spacial score (nSPS) is 21.2. The summed E-state index contributed by atoms with van der Waals surface area (Å²) in [6, 6.07) is 21.7. The SMILES string of the molecule is O=C(O)CNS1(F)NN=C1c1cccc(-c2ccc3ccccc3c2)c1. The second kappa shape index (κ2) is 6.44. The van der Waals surface area contributed by atoms with E-state index in [1.807, 2.05) is 36.4 Å². The van der Waals surface area contributed by atoms with Crippen molar-refractivity contribution in [3.05, 3.63) is 72.3 Å². The van der Waals surface area contributed by atoms with Gasteiger partial charge in [0.25, 0.3) is 0 Å². The van der Waals surface area contributed by atoms with Crippen LogP contribution in [0.25, 0.3) is 21.9 Å². The minimum absolute atomic E-state index is 0.224. The van der Waals surface area contributed by atoms with Gasteiger partial charge in [0, 0.05) is 5.56 Å². The zero-order valence-electron chi connectivity index (χ0n) is 13.6. The highest BCUT2D eigenvalue weighted by molar-refractivity contribution is 8.40. The van der Waals surface area contributed by atoms with Gasteiger partial charge in [-0.3, -0.25) is 4.79 Å². The molecular formula is C19H16FN3O2S. The van der Waals surface area contributed by atoms with Crippen molar-refractivity contribution in [2.24, 2.45) is 5.10 Å². The quantitative estimate of drug-likeness (QED) is 0.636. The Hall–Kier alpha value is -2.90. The van der Waals surface area contributed by atoms with Crippen LogP contribution in [0.15, 0.2) is 71.8 Å². The van der Waals surface area contributed by atoms with Crippen molar-refractivity contribution in [1.82, 2.24) is 9.55 Å². The van der Waals surface area contributed by atoms with Crippen LogP contribution in [0.5, 0.6) is 0 Å². The Bertz CT molecular complexity index is 1040. The van der Waals surface area contributed by atoms with Crippen LogP contribution in [0, 0.1) is 0 Å². The fraction of sp³-hybridized carbons (Fsp3) is 0.0526. The Balaban J connectivity index is 1.65. The van der Waals surface area contributed by atoms with Crippen LogP contribution in [0.2, 0.25) is 0 Å². The highest BCUT2D eigenvalue weighted by Crippen LogP contribution is 2.50. The third kappa shape index (κ3) is 3.02. The predicted molar refractivity (Wildman–Crippen MR) is 103 cm³/mol. The number of hydrogen-bond donors (Lipinski definition) is 3. The molecule has 0 aromatic heterocycles. The summed E-state index contributed by atoms with van der Waals surface area (Å²) < 4.78 is 17.2. The maximum absolute atomic E-state index is 14.8. The molecule has 26 heavy (non-hydrogen) atoms. The molecule has 0 saturated heterocycles. The number of rotatable bonds is 5. The van der Waals surface area contributed by atoms with Gasteiger partial charge in [-0.05, 0) is 34.0 Å². The van der Waals surface area contributed by atoms with Crippen molar-refractivity contribution in [3.63, 3.8) is 0 Å². The van der Waals surface area contributed by atoms with Crippen LogP contribution in [0.3, 0.4) is 0 Å². The molecule has 7 heteroatoms. The van der Waals surface area contributed by atoms with Gasteiger partial charge in [-0.15, -0.1) is 3.89 Å². The summed E-state index contributed by atoms with van der Waals surface area (Å²) in [6.07, 6.45) is 0. The molecule has 0 fully saturated rings. The maximum atomic E-state index is 14.8. The van der Waals surface area contributed by atoms with Crippen LogP contribution in [0.1, 0.15) is 5.56 Å². The van der Waals surface area contributed by atoms with Crippen LogP contribution < -0.4 is 9.55 Å². The molecule has 5 nitrogen and oxygen atoms in total. The summed E-state index contributed by atoms with van der Waals surface area (Å²) in [4.78, 5) is 13.0. The summed E-state index contributed by atoms with van der Waals surface area (Å²) in [7, 11) is -3.09. The first-order chi connectivity index (χ1) is 12.5. The number of carbonyl (C=O) groups is 1. The first-order valence-corrected chi connectivity index (χ1v) is 9.52. The van der Waals surface area contributed by atoms with E-state index in [4.69, 9.17) is 5.11 Å². The summed E-state index contributed by atoms with van der Waals surface area (Å²) in [5.41, 5.74) is 2.60. The number of hydrogen-bond acceptors (Lipinski definition) is 4. The lowest BCUT2D eigenvalue weighted by Crippen LogP contribution is -2.43. The third-order valence-corrected chi connectivity index (χ3v) is 5.90. The molecule has 4 rings (SSSR count). The van der Waals surface area contributed by atoms with Crippen molar-refractivity contribution in [2.75, 3.05) is 6.54 Å². The summed E-state index contributed by atoms with van der Waals surface area (Å²) >= 11 is 0. The largest absolute Gasteiger partial charge is 0.480 e. The number of hydrazone groups is 1. The fourth-order valence-electron chi connectivity index (χ4n) is 2.86. The maximum Gasteiger partial charge on any atom is 0.318 e. The standard InChI is InChI=1S/C19H16FN3O2S/c20-26(21-12-18(24)25)19(22-23-26)17-7-3-6-15(11-17)16-9-8-13-4-1-2-5-14(13)10-16/h1-11,21,23H,12H2,(H,24,25). The second-order valence-electron chi connectivity index (χ2n) is 5.90. The van der Waals surface area contributed by atoms with Crippen molar-refractivity contribution >= 4 is 32.6 Å². The van der Waals surface area contributed by atoms with Gasteiger partial charge < -0.3 is 5.11 Å². The average Bonchev–Trinajstić information content (AvgIpc) is 2.65. The summed E-state index contributed by atoms with van der Waals surface area (Å²) in [5.74, 6) is -1.12. The molecule has 3 aromatic carbocycles. The first-order valence-electron chi connectivity index (χ1n) is 7.99. The van der Waals surface area contributed by atoms with Crippen LogP contribution in [-0.2, 0) is 4.79 Å². The van der Waals surface area contributed by atoms with Gasteiger partial charge in [-0.25, -0.2) is 9.55 Å². The molecule has 3 aromatic rings. The lowest BCUT2D eigenvalue weighted by molar-refractivity contribution is -0.135. The van der Waals surface area contributed by atoms with Gasteiger partial charge in [0.2, 0.25) is 0 Å². The predicted octanol–water partition coefficient (Wildman–Crippen LogP) is 3.96. The number of halogens is 1. The Kier molecular flexibility index (Phi) is 4.10. The Morgan fingerprint density at radius 1 is 1.00 bits per heavy atom. The zero-order valence-corrected chi connectivity index (χ0v) is 14.5. The molecule has 0 aliphatic carbocycles. The number of fused-ring (bicyclic) bond motifs is 1. The molecule has 0 saturated carbocycles. The Labute approximate surface area is 151 Å². The molecule has 132 valence electrons.